The van der Waals surface area contributed by atoms with E-state index in [-0.39, 0.29) is 12.0 Å². The fourth-order valence-electron chi connectivity index (χ4n) is 4.10. The number of rotatable bonds is 3. The third-order valence-corrected chi connectivity index (χ3v) is 5.23. The molecule has 1 aromatic carbocycles. The highest BCUT2D eigenvalue weighted by Crippen LogP contribution is 2.49. The molecule has 0 spiro atoms. The Morgan fingerprint density at radius 2 is 1.52 bits per heavy atom. The predicted molar refractivity (Wildman–Crippen MR) is 72.1 cm³/mol. The SMILES string of the molecule is CC(NC(=O)c1c(F)c(F)c(F)c(F)c1F)C1CC2CCC1C2. The maximum atomic E-state index is 13.6. The molecule has 126 valence electrons. The molecule has 0 aromatic heterocycles. The van der Waals surface area contributed by atoms with Gasteiger partial charge in [0.1, 0.15) is 5.56 Å². The molecule has 4 unspecified atom stereocenters. The van der Waals surface area contributed by atoms with Gasteiger partial charge in [-0.3, -0.25) is 4.79 Å². The third-order valence-electron chi connectivity index (χ3n) is 5.23. The molecule has 0 radical (unpaired) electrons. The molecule has 23 heavy (non-hydrogen) atoms. The summed E-state index contributed by atoms with van der Waals surface area (Å²) >= 11 is 0. The maximum Gasteiger partial charge on any atom is 0.257 e. The highest BCUT2D eigenvalue weighted by Gasteiger charge is 2.42. The zero-order valence-corrected chi connectivity index (χ0v) is 12.4. The molecule has 7 heteroatoms. The van der Waals surface area contributed by atoms with Crippen LogP contribution in [0.25, 0.3) is 0 Å². The number of carbonyl (C=O) groups is 1. The molecular formula is C16H16F5NO. The standard InChI is InChI=1S/C16H16F5NO/c1-6(9-5-7-2-3-8(9)4-7)22-16(23)10-11(17)13(19)15(21)14(20)12(10)18/h6-9H,2-5H2,1H3,(H,22,23). The van der Waals surface area contributed by atoms with Crippen molar-refractivity contribution < 1.29 is 26.7 Å². The summed E-state index contributed by atoms with van der Waals surface area (Å²) in [6.07, 6.45) is 4.20. The van der Waals surface area contributed by atoms with Crippen molar-refractivity contribution in [2.24, 2.45) is 17.8 Å². The van der Waals surface area contributed by atoms with E-state index in [1.165, 1.54) is 0 Å². The summed E-state index contributed by atoms with van der Waals surface area (Å²) in [6.45, 7) is 1.70. The molecule has 2 aliphatic carbocycles. The average molecular weight is 333 g/mol. The topological polar surface area (TPSA) is 29.1 Å². The molecule has 3 rings (SSSR count). The van der Waals surface area contributed by atoms with Gasteiger partial charge in [0.15, 0.2) is 23.3 Å². The molecule has 2 saturated carbocycles. The Morgan fingerprint density at radius 1 is 0.957 bits per heavy atom. The van der Waals surface area contributed by atoms with Gasteiger partial charge in [-0.05, 0) is 43.9 Å². The molecule has 0 saturated heterocycles. The third kappa shape index (κ3) is 2.60. The van der Waals surface area contributed by atoms with Crippen LogP contribution >= 0.6 is 0 Å². The molecule has 2 aliphatic rings. The van der Waals surface area contributed by atoms with Crippen LogP contribution in [-0.2, 0) is 0 Å². The average Bonchev–Trinajstić information content (AvgIpc) is 3.14. The first-order valence-corrected chi connectivity index (χ1v) is 7.63. The van der Waals surface area contributed by atoms with Gasteiger partial charge in [-0.1, -0.05) is 6.42 Å². The van der Waals surface area contributed by atoms with Crippen LogP contribution in [-0.4, -0.2) is 11.9 Å². The van der Waals surface area contributed by atoms with Crippen molar-refractivity contribution in [1.29, 1.82) is 0 Å². The van der Waals surface area contributed by atoms with Gasteiger partial charge in [0.25, 0.3) is 5.91 Å². The Morgan fingerprint density at radius 3 is 2.00 bits per heavy atom. The lowest BCUT2D eigenvalue weighted by atomic mass is 9.84. The molecule has 4 atom stereocenters. The molecule has 0 heterocycles. The van der Waals surface area contributed by atoms with Gasteiger partial charge in [0, 0.05) is 6.04 Å². The van der Waals surface area contributed by atoms with E-state index in [1.807, 2.05) is 0 Å². The van der Waals surface area contributed by atoms with Crippen molar-refractivity contribution in [3.8, 4) is 0 Å². The summed E-state index contributed by atoms with van der Waals surface area (Å²) in [7, 11) is 0. The van der Waals surface area contributed by atoms with Crippen molar-refractivity contribution in [1.82, 2.24) is 5.32 Å². The van der Waals surface area contributed by atoms with Crippen molar-refractivity contribution in [3.05, 3.63) is 34.6 Å². The van der Waals surface area contributed by atoms with E-state index < -0.39 is 40.6 Å². The second-order valence-electron chi connectivity index (χ2n) is 6.55. The molecule has 0 aliphatic heterocycles. The maximum absolute atomic E-state index is 13.6. The Bertz CT molecular complexity index is 633. The molecule has 2 bridgehead atoms. The smallest absolute Gasteiger partial charge is 0.257 e. The minimum absolute atomic E-state index is 0.180. The quantitative estimate of drug-likeness (QED) is 0.507. The number of benzene rings is 1. The highest BCUT2D eigenvalue weighted by atomic mass is 19.2. The van der Waals surface area contributed by atoms with E-state index in [0.29, 0.717) is 11.8 Å². The number of amides is 1. The van der Waals surface area contributed by atoms with Crippen molar-refractivity contribution in [2.75, 3.05) is 0 Å². The van der Waals surface area contributed by atoms with Gasteiger partial charge in [-0.25, -0.2) is 22.0 Å². The van der Waals surface area contributed by atoms with E-state index in [1.54, 1.807) is 6.92 Å². The first kappa shape index (κ1) is 16.2. The predicted octanol–water partition coefficient (Wildman–Crippen LogP) is 3.94. The molecule has 1 amide bonds. The van der Waals surface area contributed by atoms with Gasteiger partial charge < -0.3 is 5.32 Å². The zero-order chi connectivity index (χ0) is 16.9. The van der Waals surface area contributed by atoms with E-state index in [4.69, 9.17) is 0 Å². The largest absolute Gasteiger partial charge is 0.349 e. The second kappa shape index (κ2) is 5.76. The van der Waals surface area contributed by atoms with Crippen LogP contribution in [0.2, 0.25) is 0 Å². The summed E-state index contributed by atoms with van der Waals surface area (Å²) in [5.74, 6) is -10.7. The number of nitrogens with one attached hydrogen (secondary N) is 1. The second-order valence-corrected chi connectivity index (χ2v) is 6.55. The van der Waals surface area contributed by atoms with Crippen LogP contribution in [0.5, 0.6) is 0 Å². The first-order valence-electron chi connectivity index (χ1n) is 7.63. The Hall–Kier alpha value is -1.66. The van der Waals surface area contributed by atoms with E-state index >= 15 is 0 Å². The highest BCUT2D eigenvalue weighted by molar-refractivity contribution is 5.95. The summed E-state index contributed by atoms with van der Waals surface area (Å²) in [5.41, 5.74) is -1.42. The van der Waals surface area contributed by atoms with Gasteiger partial charge in [-0.15, -0.1) is 0 Å². The van der Waals surface area contributed by atoms with Gasteiger partial charge in [0.05, 0.1) is 0 Å². The fourth-order valence-corrected chi connectivity index (χ4v) is 4.10. The summed E-state index contributed by atoms with van der Waals surface area (Å²) < 4.78 is 66.7. The van der Waals surface area contributed by atoms with Gasteiger partial charge >= 0.3 is 0 Å². The zero-order valence-electron chi connectivity index (χ0n) is 12.4. The van der Waals surface area contributed by atoms with Crippen LogP contribution in [0.4, 0.5) is 22.0 Å². The van der Waals surface area contributed by atoms with Crippen LogP contribution in [0.3, 0.4) is 0 Å². The lowest BCUT2D eigenvalue weighted by Crippen LogP contribution is -2.41. The van der Waals surface area contributed by atoms with Gasteiger partial charge in [-0.2, -0.15) is 0 Å². The molecule has 1 N–H and O–H groups in total. The Labute approximate surface area is 130 Å². The normalized spacial score (nSPS) is 27.3. The van der Waals surface area contributed by atoms with Crippen molar-refractivity contribution in [3.63, 3.8) is 0 Å². The number of hydrogen-bond donors (Lipinski definition) is 1. The van der Waals surface area contributed by atoms with Crippen molar-refractivity contribution >= 4 is 5.91 Å². The summed E-state index contributed by atoms with van der Waals surface area (Å²) in [4.78, 5) is 12.0. The van der Waals surface area contributed by atoms with Crippen LogP contribution in [0.1, 0.15) is 43.0 Å². The number of carbonyl (C=O) groups excluding carboxylic acids is 1. The fraction of sp³-hybridized carbons (Fsp3) is 0.562. The Kier molecular flexibility index (Phi) is 4.06. The molecular weight excluding hydrogens is 317 g/mol. The number of halogens is 5. The molecule has 2 fully saturated rings. The lowest BCUT2D eigenvalue weighted by Gasteiger charge is -2.28. The lowest BCUT2D eigenvalue weighted by molar-refractivity contribution is 0.0903. The minimum atomic E-state index is -2.27. The number of hydrogen-bond acceptors (Lipinski definition) is 1. The summed E-state index contributed by atoms with van der Waals surface area (Å²) in [6, 6.07) is -0.382. The van der Waals surface area contributed by atoms with E-state index in [0.717, 1.165) is 25.7 Å². The Balaban J connectivity index is 1.81. The molecule has 1 aromatic rings. The van der Waals surface area contributed by atoms with Crippen molar-refractivity contribution in [2.45, 2.75) is 38.6 Å². The van der Waals surface area contributed by atoms with Crippen LogP contribution in [0.15, 0.2) is 0 Å². The van der Waals surface area contributed by atoms with E-state index in [9.17, 15) is 26.7 Å². The monoisotopic (exact) mass is 333 g/mol. The van der Waals surface area contributed by atoms with E-state index in [2.05, 4.69) is 5.32 Å². The number of fused-ring (bicyclic) bond motifs is 2. The van der Waals surface area contributed by atoms with Crippen LogP contribution < -0.4 is 5.32 Å². The van der Waals surface area contributed by atoms with Gasteiger partial charge in [0.2, 0.25) is 5.82 Å². The summed E-state index contributed by atoms with van der Waals surface area (Å²) in [5, 5.41) is 2.40. The first-order chi connectivity index (χ1) is 10.8. The molecule has 2 nitrogen and oxygen atoms in total. The minimum Gasteiger partial charge on any atom is -0.349 e. The van der Waals surface area contributed by atoms with Crippen LogP contribution in [0, 0.1) is 46.8 Å².